The molecule has 1 aliphatic rings. The molecule has 5 aromatic carbocycles. The second-order valence-electron chi connectivity index (χ2n) is 12.4. The molecule has 1 heterocycles. The Hall–Kier alpha value is -4.38. The first-order chi connectivity index (χ1) is 25.2. The van der Waals surface area contributed by atoms with Crippen molar-refractivity contribution in [3.8, 4) is 5.75 Å². The molecule has 1 fully saturated rings. The number of aliphatic hydroxyl groups excluding tert-OH is 1. The summed E-state index contributed by atoms with van der Waals surface area (Å²) >= 11 is 0. The molecule has 8 nitrogen and oxygen atoms in total. The zero-order chi connectivity index (χ0) is 34.9. The topological polar surface area (TPSA) is 84.8 Å². The third-order valence-corrected chi connectivity index (χ3v) is 8.48. The zero-order valence-electron chi connectivity index (χ0n) is 28.7. The third kappa shape index (κ3) is 11.6. The largest absolute Gasteiger partial charge is 0.491 e. The Bertz CT molecular complexity index is 1640. The van der Waals surface area contributed by atoms with E-state index in [4.69, 9.17) is 33.2 Å². The van der Waals surface area contributed by atoms with Crippen molar-refractivity contribution < 1.29 is 38.3 Å². The van der Waals surface area contributed by atoms with E-state index in [-0.39, 0.29) is 19.8 Å². The van der Waals surface area contributed by atoms with Crippen LogP contribution in [0.5, 0.6) is 5.75 Å². The molecule has 0 spiro atoms. The van der Waals surface area contributed by atoms with Crippen LogP contribution in [0.4, 0.5) is 0 Å². The van der Waals surface area contributed by atoms with Gasteiger partial charge in [-0.1, -0.05) is 140 Å². The quantitative estimate of drug-likeness (QED) is 0.0980. The monoisotopic (exact) mass is 690 g/mol. The molecule has 6 atom stereocenters. The lowest BCUT2D eigenvalue weighted by Gasteiger charge is -2.46. The van der Waals surface area contributed by atoms with Crippen molar-refractivity contribution in [3.63, 3.8) is 0 Å². The second-order valence-corrected chi connectivity index (χ2v) is 12.4. The van der Waals surface area contributed by atoms with Gasteiger partial charge in [0.2, 0.25) is 0 Å². The van der Waals surface area contributed by atoms with Crippen LogP contribution in [0.25, 0.3) is 0 Å². The van der Waals surface area contributed by atoms with Gasteiger partial charge in [0.05, 0.1) is 39.6 Å². The van der Waals surface area contributed by atoms with Gasteiger partial charge in [0, 0.05) is 0 Å². The van der Waals surface area contributed by atoms with E-state index in [0.717, 1.165) is 22.3 Å². The molecule has 266 valence electrons. The lowest BCUT2D eigenvalue weighted by atomic mass is 9.97. The molecule has 0 radical (unpaired) electrons. The first-order valence-corrected chi connectivity index (χ1v) is 17.4. The minimum absolute atomic E-state index is 0.0482. The normalized spacial score (nSPS) is 20.8. The highest BCUT2D eigenvalue weighted by atomic mass is 16.7. The van der Waals surface area contributed by atoms with Crippen molar-refractivity contribution in [1.82, 2.24) is 0 Å². The zero-order valence-corrected chi connectivity index (χ0v) is 28.7. The average Bonchev–Trinajstić information content (AvgIpc) is 3.19. The first kappa shape index (κ1) is 36.4. The van der Waals surface area contributed by atoms with Gasteiger partial charge in [0.15, 0.2) is 6.29 Å². The van der Waals surface area contributed by atoms with Crippen LogP contribution >= 0.6 is 0 Å². The maximum absolute atomic E-state index is 10.9. The summed E-state index contributed by atoms with van der Waals surface area (Å²) in [7, 11) is 0. The van der Waals surface area contributed by atoms with E-state index in [0.29, 0.717) is 32.2 Å². The molecule has 1 N–H and O–H groups in total. The van der Waals surface area contributed by atoms with Crippen LogP contribution in [0.2, 0.25) is 0 Å². The molecule has 0 unspecified atom stereocenters. The number of hydrogen-bond acceptors (Lipinski definition) is 8. The first-order valence-electron chi connectivity index (χ1n) is 17.4. The van der Waals surface area contributed by atoms with Crippen molar-refractivity contribution >= 4 is 0 Å². The van der Waals surface area contributed by atoms with Crippen LogP contribution in [-0.4, -0.2) is 61.7 Å². The van der Waals surface area contributed by atoms with Crippen LogP contribution in [0.3, 0.4) is 0 Å². The Morgan fingerprint density at radius 2 is 0.902 bits per heavy atom. The Morgan fingerprint density at radius 3 is 1.41 bits per heavy atom. The summed E-state index contributed by atoms with van der Waals surface area (Å²) in [5.74, 6) is 0.665. The number of para-hydroxylation sites is 1. The van der Waals surface area contributed by atoms with Gasteiger partial charge in [-0.05, 0) is 34.4 Å². The van der Waals surface area contributed by atoms with Gasteiger partial charge in [0.25, 0.3) is 0 Å². The molecule has 0 aliphatic carbocycles. The molecule has 51 heavy (non-hydrogen) atoms. The van der Waals surface area contributed by atoms with Gasteiger partial charge >= 0.3 is 0 Å². The standard InChI is InChI=1S/C43H46O8/c44-37(30-46-38-24-14-5-15-25-38)31-50-43-42(49-29-36-22-12-4-13-23-36)41(48-28-35-20-10-3-11-21-35)40(47-27-34-18-8-2-9-19-34)39(51-43)32-45-26-33-16-6-1-7-17-33/h1-25,37,39-44H,26-32H2/t37-,39+,40-,41-,42+,43-/m0/s1. The Labute approximate surface area is 300 Å². The van der Waals surface area contributed by atoms with E-state index in [1.165, 1.54) is 0 Å². The summed E-state index contributed by atoms with van der Waals surface area (Å²) in [6, 6.07) is 49.3. The van der Waals surface area contributed by atoms with Crippen LogP contribution in [0.15, 0.2) is 152 Å². The maximum atomic E-state index is 10.9. The van der Waals surface area contributed by atoms with E-state index >= 15 is 0 Å². The van der Waals surface area contributed by atoms with Gasteiger partial charge in [-0.15, -0.1) is 0 Å². The number of rotatable bonds is 19. The van der Waals surface area contributed by atoms with E-state index in [2.05, 4.69) is 0 Å². The van der Waals surface area contributed by atoms with Gasteiger partial charge in [0.1, 0.15) is 42.9 Å². The summed E-state index contributed by atoms with van der Waals surface area (Å²) in [4.78, 5) is 0. The van der Waals surface area contributed by atoms with Crippen molar-refractivity contribution in [2.75, 3.05) is 19.8 Å². The fraction of sp³-hybridized carbons (Fsp3) is 0.302. The molecule has 0 aromatic heterocycles. The highest BCUT2D eigenvalue weighted by Crippen LogP contribution is 2.32. The number of hydrogen-bond donors (Lipinski definition) is 1. The number of aliphatic hydroxyl groups is 1. The van der Waals surface area contributed by atoms with Crippen molar-refractivity contribution in [1.29, 1.82) is 0 Å². The fourth-order valence-electron chi connectivity index (χ4n) is 5.84. The lowest BCUT2D eigenvalue weighted by molar-refractivity contribution is -0.331. The molecular formula is C43H46O8. The molecule has 5 aromatic rings. The highest BCUT2D eigenvalue weighted by molar-refractivity contribution is 5.21. The van der Waals surface area contributed by atoms with Crippen LogP contribution < -0.4 is 4.74 Å². The van der Waals surface area contributed by atoms with E-state index in [1.807, 2.05) is 152 Å². The third-order valence-electron chi connectivity index (χ3n) is 8.48. The molecule has 0 amide bonds. The van der Waals surface area contributed by atoms with Gasteiger partial charge in [-0.2, -0.15) is 0 Å². The van der Waals surface area contributed by atoms with E-state index in [1.54, 1.807) is 0 Å². The summed E-state index contributed by atoms with van der Waals surface area (Å²) in [5, 5.41) is 10.9. The molecular weight excluding hydrogens is 644 g/mol. The van der Waals surface area contributed by atoms with Crippen molar-refractivity contribution in [2.24, 2.45) is 0 Å². The Morgan fingerprint density at radius 1 is 0.471 bits per heavy atom. The SMILES string of the molecule is O[C@@H](COc1ccccc1)CO[C@H]1O[C@H](COCc2ccccc2)[C@H](OCc2ccccc2)[C@H](OCc2ccccc2)[C@H]1OCc1ccccc1. The summed E-state index contributed by atoms with van der Waals surface area (Å²) in [5.41, 5.74) is 4.06. The van der Waals surface area contributed by atoms with Crippen molar-refractivity contribution in [2.45, 2.75) is 63.2 Å². The molecule has 6 rings (SSSR count). The molecule has 0 saturated carbocycles. The minimum Gasteiger partial charge on any atom is -0.491 e. The summed E-state index contributed by atoms with van der Waals surface area (Å²) in [6.07, 6.45) is -4.36. The van der Waals surface area contributed by atoms with Crippen LogP contribution in [0, 0.1) is 0 Å². The molecule has 1 aliphatic heterocycles. The molecule has 1 saturated heterocycles. The summed E-state index contributed by atoms with van der Waals surface area (Å²) < 4.78 is 45.2. The Kier molecular flexibility index (Phi) is 14.2. The average molecular weight is 691 g/mol. The predicted molar refractivity (Wildman–Crippen MR) is 194 cm³/mol. The maximum Gasteiger partial charge on any atom is 0.187 e. The number of ether oxygens (including phenoxy) is 7. The van der Waals surface area contributed by atoms with Gasteiger partial charge < -0.3 is 38.3 Å². The minimum atomic E-state index is -0.924. The van der Waals surface area contributed by atoms with E-state index < -0.39 is 36.8 Å². The van der Waals surface area contributed by atoms with E-state index in [9.17, 15) is 5.11 Å². The smallest absolute Gasteiger partial charge is 0.187 e. The lowest BCUT2D eigenvalue weighted by Crippen LogP contribution is -2.62. The molecule has 0 bridgehead atoms. The van der Waals surface area contributed by atoms with Crippen molar-refractivity contribution in [3.05, 3.63) is 174 Å². The predicted octanol–water partition coefficient (Wildman–Crippen LogP) is 7.14. The second kappa shape index (κ2) is 19.9. The van der Waals surface area contributed by atoms with Gasteiger partial charge in [-0.3, -0.25) is 0 Å². The molecule has 8 heteroatoms. The Balaban J connectivity index is 1.25. The van der Waals surface area contributed by atoms with Crippen LogP contribution in [0.1, 0.15) is 22.3 Å². The fourth-order valence-corrected chi connectivity index (χ4v) is 5.84. The summed E-state index contributed by atoms with van der Waals surface area (Å²) in [6.45, 7) is 1.55. The highest BCUT2D eigenvalue weighted by Gasteiger charge is 2.49. The number of benzene rings is 5. The van der Waals surface area contributed by atoms with Crippen LogP contribution in [-0.2, 0) is 54.8 Å². The van der Waals surface area contributed by atoms with Gasteiger partial charge in [-0.25, -0.2) is 0 Å².